The second-order valence-electron chi connectivity index (χ2n) is 9.79. The van der Waals surface area contributed by atoms with Crippen molar-refractivity contribution in [3.05, 3.63) is 134 Å². The van der Waals surface area contributed by atoms with Crippen LogP contribution in [0, 0.1) is 0 Å². The summed E-state index contributed by atoms with van der Waals surface area (Å²) in [5.74, 6) is -1.22. The monoisotopic (exact) mass is 750 g/mol. The van der Waals surface area contributed by atoms with Crippen molar-refractivity contribution in [1.29, 1.82) is 0 Å². The zero-order valence-electron chi connectivity index (χ0n) is 24.1. The minimum Gasteiger partial charge on any atom is -0.321 e. The lowest BCUT2D eigenvalue weighted by atomic mass is 10.1. The largest absolute Gasteiger partial charge is 0.321 e. The fourth-order valence-corrected chi connectivity index (χ4v) is 6.46. The number of hydrogen-bond donors (Lipinski definition) is 3. The number of halogens is 3. The highest BCUT2D eigenvalue weighted by atomic mass is 79.9. The van der Waals surface area contributed by atoms with E-state index < -0.39 is 17.1 Å². The summed E-state index contributed by atoms with van der Waals surface area (Å²) in [7, 11) is 0. The Morgan fingerprint density at radius 2 is 1.54 bits per heavy atom. The number of carbonyl (C=O) groups excluding carboxylic acids is 3. The molecule has 46 heavy (non-hydrogen) atoms. The Morgan fingerprint density at radius 1 is 0.870 bits per heavy atom. The van der Waals surface area contributed by atoms with Gasteiger partial charge in [0.15, 0.2) is 5.13 Å². The second kappa shape index (κ2) is 15.6. The fraction of sp³-hybridized carbons (Fsp3) is 0.0588. The molecule has 0 fully saturated rings. The van der Waals surface area contributed by atoms with Crippen molar-refractivity contribution in [2.24, 2.45) is 0 Å². The molecule has 5 aromatic rings. The number of hydrogen-bond acceptors (Lipinski definition) is 6. The first kappa shape index (κ1) is 33.4. The van der Waals surface area contributed by atoms with Crippen LogP contribution in [-0.2, 0) is 9.59 Å². The van der Waals surface area contributed by atoms with E-state index in [2.05, 4.69) is 36.9 Å². The van der Waals surface area contributed by atoms with Crippen molar-refractivity contribution in [3.63, 3.8) is 0 Å². The van der Waals surface area contributed by atoms with Crippen molar-refractivity contribution in [3.8, 4) is 11.3 Å². The Labute approximate surface area is 292 Å². The number of carbonyl (C=O) groups is 3. The van der Waals surface area contributed by atoms with Gasteiger partial charge in [-0.25, -0.2) is 4.98 Å². The van der Waals surface area contributed by atoms with Crippen LogP contribution in [-0.4, -0.2) is 28.0 Å². The smallest absolute Gasteiger partial charge is 0.272 e. The lowest BCUT2D eigenvalue weighted by Crippen LogP contribution is -2.30. The summed E-state index contributed by atoms with van der Waals surface area (Å²) < 4.78 is 0.981. The Kier molecular flexibility index (Phi) is 11.3. The molecule has 0 spiro atoms. The maximum absolute atomic E-state index is 13.4. The van der Waals surface area contributed by atoms with Crippen LogP contribution >= 0.6 is 62.2 Å². The van der Waals surface area contributed by atoms with Gasteiger partial charge in [-0.05, 0) is 73.7 Å². The van der Waals surface area contributed by atoms with E-state index >= 15 is 0 Å². The second-order valence-corrected chi connectivity index (χ2v) is 13.8. The van der Waals surface area contributed by atoms with Crippen LogP contribution in [0.1, 0.15) is 22.8 Å². The van der Waals surface area contributed by atoms with E-state index in [4.69, 9.17) is 23.2 Å². The Balaban J connectivity index is 1.23. The normalized spacial score (nSPS) is 11.9. The van der Waals surface area contributed by atoms with E-state index in [0.29, 0.717) is 32.0 Å². The zero-order valence-corrected chi connectivity index (χ0v) is 28.8. The molecule has 7 nitrogen and oxygen atoms in total. The van der Waals surface area contributed by atoms with Gasteiger partial charge in [-0.1, -0.05) is 75.5 Å². The molecule has 232 valence electrons. The third-order valence-electron chi connectivity index (χ3n) is 6.49. The van der Waals surface area contributed by atoms with Gasteiger partial charge in [0.2, 0.25) is 5.91 Å². The Morgan fingerprint density at radius 3 is 2.22 bits per heavy atom. The standard InChI is InChI=1S/C34H25BrCl2N4O3S2/c1-20(31(42)41-34-40-30(19-45-34)21-10-12-23(35)13-11-21)46-25-16-14-24(15-17-25)38-33(44)29(18-26-27(36)8-5-9-28(26)37)39-32(43)22-6-3-2-4-7-22/h2-20H,1H3,(H,38,44)(H,39,43)(H,40,41,42)/b29-18-. The van der Waals surface area contributed by atoms with E-state index in [-0.39, 0.29) is 11.6 Å². The van der Waals surface area contributed by atoms with Crippen molar-refractivity contribution < 1.29 is 14.4 Å². The molecule has 0 aliphatic carbocycles. The molecule has 1 heterocycles. The molecule has 0 saturated carbocycles. The minimum atomic E-state index is -0.570. The molecule has 0 aliphatic rings. The number of anilines is 2. The van der Waals surface area contributed by atoms with Crippen LogP contribution in [0.25, 0.3) is 17.3 Å². The third-order valence-corrected chi connectivity index (χ3v) is 9.54. The lowest BCUT2D eigenvalue weighted by molar-refractivity contribution is -0.115. The quantitative estimate of drug-likeness (QED) is 0.0976. The highest BCUT2D eigenvalue weighted by Gasteiger charge is 2.19. The van der Waals surface area contributed by atoms with E-state index in [1.54, 1.807) is 72.8 Å². The van der Waals surface area contributed by atoms with Crippen molar-refractivity contribution >= 4 is 96.8 Å². The number of benzene rings is 4. The molecule has 1 atom stereocenters. The number of amides is 3. The number of rotatable bonds is 10. The molecule has 3 N–H and O–H groups in total. The molecule has 12 heteroatoms. The molecule has 4 aromatic carbocycles. The maximum Gasteiger partial charge on any atom is 0.272 e. The van der Waals surface area contributed by atoms with Crippen LogP contribution in [0.2, 0.25) is 10.0 Å². The maximum atomic E-state index is 13.4. The van der Waals surface area contributed by atoms with Crippen LogP contribution in [0.5, 0.6) is 0 Å². The minimum absolute atomic E-state index is 0.0434. The number of aromatic nitrogens is 1. The highest BCUT2D eigenvalue weighted by molar-refractivity contribution is 9.10. The van der Waals surface area contributed by atoms with Gasteiger partial charge in [-0.3, -0.25) is 14.4 Å². The Bertz CT molecular complexity index is 1880. The first-order chi connectivity index (χ1) is 22.2. The molecule has 5 rings (SSSR count). The van der Waals surface area contributed by atoms with Crippen LogP contribution in [0.3, 0.4) is 0 Å². The summed E-state index contributed by atoms with van der Waals surface area (Å²) in [5.41, 5.74) is 2.97. The SMILES string of the molecule is CC(Sc1ccc(NC(=O)/C(=C/c2c(Cl)cccc2Cl)NC(=O)c2ccccc2)cc1)C(=O)Nc1nc(-c2ccc(Br)cc2)cs1. The molecule has 0 aliphatic heterocycles. The molecule has 3 amide bonds. The van der Waals surface area contributed by atoms with Gasteiger partial charge in [0.1, 0.15) is 5.70 Å². The van der Waals surface area contributed by atoms with Crippen LogP contribution in [0.4, 0.5) is 10.8 Å². The van der Waals surface area contributed by atoms with Crippen molar-refractivity contribution in [2.45, 2.75) is 17.1 Å². The van der Waals surface area contributed by atoms with Crippen LogP contribution < -0.4 is 16.0 Å². The predicted molar refractivity (Wildman–Crippen MR) is 193 cm³/mol. The molecule has 0 saturated heterocycles. The first-order valence-electron chi connectivity index (χ1n) is 13.8. The lowest BCUT2D eigenvalue weighted by Gasteiger charge is -2.13. The average Bonchev–Trinajstić information content (AvgIpc) is 3.52. The first-order valence-corrected chi connectivity index (χ1v) is 17.1. The van der Waals surface area contributed by atoms with Gasteiger partial charge in [0.25, 0.3) is 11.8 Å². The van der Waals surface area contributed by atoms with E-state index in [1.165, 1.54) is 29.2 Å². The van der Waals surface area contributed by atoms with Crippen molar-refractivity contribution in [2.75, 3.05) is 10.6 Å². The summed E-state index contributed by atoms with van der Waals surface area (Å²) in [4.78, 5) is 44.6. The summed E-state index contributed by atoms with van der Waals surface area (Å²) >= 11 is 18.8. The summed E-state index contributed by atoms with van der Waals surface area (Å²) in [6.45, 7) is 1.81. The molecule has 0 radical (unpaired) electrons. The van der Waals surface area contributed by atoms with E-state index in [1.807, 2.05) is 36.6 Å². The molecule has 0 bridgehead atoms. The number of nitrogens with zero attached hydrogens (tertiary/aromatic N) is 1. The summed E-state index contributed by atoms with van der Waals surface area (Å²) in [6, 6.07) is 28.4. The van der Waals surface area contributed by atoms with Crippen molar-refractivity contribution in [1.82, 2.24) is 10.3 Å². The van der Waals surface area contributed by atoms with E-state index in [9.17, 15) is 14.4 Å². The fourth-order valence-electron chi connectivity index (χ4n) is 4.10. The number of thioether (sulfide) groups is 1. The summed E-state index contributed by atoms with van der Waals surface area (Å²) in [5, 5.41) is 11.0. The zero-order chi connectivity index (χ0) is 32.6. The van der Waals surface area contributed by atoms with E-state index in [0.717, 1.165) is 20.6 Å². The highest BCUT2D eigenvalue weighted by Crippen LogP contribution is 2.30. The third kappa shape index (κ3) is 8.86. The molecule has 1 aromatic heterocycles. The summed E-state index contributed by atoms with van der Waals surface area (Å²) in [6.07, 6.45) is 1.44. The van der Waals surface area contributed by atoms with Gasteiger partial charge in [-0.15, -0.1) is 23.1 Å². The molecular formula is C34H25BrCl2N4O3S2. The molecule has 1 unspecified atom stereocenters. The number of nitrogens with one attached hydrogen (secondary N) is 3. The van der Waals surface area contributed by atoms with Gasteiger partial charge in [-0.2, -0.15) is 0 Å². The van der Waals surface area contributed by atoms with Crippen LogP contribution in [0.15, 0.2) is 118 Å². The average molecular weight is 753 g/mol. The molecular weight excluding hydrogens is 727 g/mol. The topological polar surface area (TPSA) is 100 Å². The predicted octanol–water partition coefficient (Wildman–Crippen LogP) is 9.41. The van der Waals surface area contributed by atoms with Gasteiger partial charge >= 0.3 is 0 Å². The van der Waals surface area contributed by atoms with Gasteiger partial charge in [0.05, 0.1) is 10.9 Å². The van der Waals surface area contributed by atoms with Gasteiger partial charge < -0.3 is 16.0 Å². The number of thiazole rings is 1. The van der Waals surface area contributed by atoms with Gasteiger partial charge in [0, 0.05) is 47.2 Å². The Hall–Kier alpha value is -3.93.